The van der Waals surface area contributed by atoms with Gasteiger partial charge < -0.3 is 10.2 Å². The van der Waals surface area contributed by atoms with E-state index in [1.165, 1.54) is 0 Å². The van der Waals surface area contributed by atoms with Gasteiger partial charge in [0.25, 0.3) is 0 Å². The highest BCUT2D eigenvalue weighted by atomic mass is 35.5. The molecule has 1 aromatic carbocycles. The molecule has 0 spiro atoms. The number of hydrogen-bond donors (Lipinski definition) is 2. The summed E-state index contributed by atoms with van der Waals surface area (Å²) in [4.78, 5) is 28.6. The van der Waals surface area contributed by atoms with Crippen LogP contribution < -0.4 is 10.6 Å². The first kappa shape index (κ1) is 17.8. The molecule has 27 heavy (non-hydrogen) atoms. The number of urea groups is 1. The van der Waals surface area contributed by atoms with Crippen molar-refractivity contribution in [3.05, 3.63) is 47.1 Å². The third kappa shape index (κ3) is 3.91. The van der Waals surface area contributed by atoms with Crippen LogP contribution >= 0.6 is 11.6 Å². The molecule has 0 bridgehead atoms. The molecule has 4 rings (SSSR count). The van der Waals surface area contributed by atoms with E-state index in [-0.39, 0.29) is 18.0 Å². The molecular weight excluding hydrogens is 368 g/mol. The van der Waals surface area contributed by atoms with Crippen LogP contribution in [0.3, 0.4) is 0 Å². The van der Waals surface area contributed by atoms with E-state index in [0.29, 0.717) is 43.6 Å². The number of hydrogen-bond acceptors (Lipinski definition) is 4. The summed E-state index contributed by atoms with van der Waals surface area (Å²) in [7, 11) is 0. The Balaban J connectivity index is 1.42. The van der Waals surface area contributed by atoms with Gasteiger partial charge in [0.05, 0.1) is 12.7 Å². The summed E-state index contributed by atoms with van der Waals surface area (Å²) in [6.45, 7) is 3.69. The smallest absolute Gasteiger partial charge is 0.323 e. The van der Waals surface area contributed by atoms with Crippen molar-refractivity contribution in [2.75, 3.05) is 38.0 Å². The zero-order valence-corrected chi connectivity index (χ0v) is 15.5. The van der Waals surface area contributed by atoms with Crippen molar-refractivity contribution in [2.24, 2.45) is 0 Å². The Bertz CT molecular complexity index is 854. The first-order chi connectivity index (χ1) is 13.1. The number of amides is 3. The van der Waals surface area contributed by atoms with Gasteiger partial charge in [-0.3, -0.25) is 15.0 Å². The number of halogens is 1. The van der Waals surface area contributed by atoms with Crippen LogP contribution in [0.4, 0.5) is 10.6 Å². The van der Waals surface area contributed by atoms with Gasteiger partial charge in [-0.2, -0.15) is 5.10 Å². The lowest BCUT2D eigenvalue weighted by atomic mass is 10.1. The summed E-state index contributed by atoms with van der Waals surface area (Å²) < 4.78 is 1.72. The molecule has 3 amide bonds. The van der Waals surface area contributed by atoms with E-state index in [4.69, 9.17) is 11.6 Å². The third-order valence-electron chi connectivity index (χ3n) is 4.95. The van der Waals surface area contributed by atoms with Gasteiger partial charge in [0, 0.05) is 43.8 Å². The average molecular weight is 389 g/mol. The first-order valence-electron chi connectivity index (χ1n) is 8.94. The maximum atomic E-state index is 12.7. The highest BCUT2D eigenvalue weighted by molar-refractivity contribution is 6.30. The fraction of sp³-hybridized carbons (Fsp3) is 0.389. The van der Waals surface area contributed by atoms with Crippen molar-refractivity contribution in [1.29, 1.82) is 0 Å². The largest absolute Gasteiger partial charge is 0.353 e. The highest BCUT2D eigenvalue weighted by Crippen LogP contribution is 2.17. The predicted molar refractivity (Wildman–Crippen MR) is 102 cm³/mol. The van der Waals surface area contributed by atoms with Crippen LogP contribution in [-0.4, -0.2) is 70.3 Å². The number of carbonyl (C=O) groups is 2. The quantitative estimate of drug-likeness (QED) is 0.828. The molecule has 8 nitrogen and oxygen atoms in total. The Labute approximate surface area is 162 Å². The van der Waals surface area contributed by atoms with Crippen molar-refractivity contribution >= 4 is 29.4 Å². The van der Waals surface area contributed by atoms with E-state index in [9.17, 15) is 9.59 Å². The van der Waals surface area contributed by atoms with Crippen LogP contribution in [0.2, 0.25) is 5.02 Å². The zero-order valence-electron chi connectivity index (χ0n) is 14.8. The number of rotatable bonds is 3. The summed E-state index contributed by atoms with van der Waals surface area (Å²) in [5.41, 5.74) is 0.995. The molecule has 1 atom stereocenters. The molecule has 2 aliphatic rings. The minimum atomic E-state index is -0.269. The van der Waals surface area contributed by atoms with Crippen LogP contribution in [0.5, 0.6) is 0 Å². The summed E-state index contributed by atoms with van der Waals surface area (Å²) in [5.74, 6) is 0.597. The van der Waals surface area contributed by atoms with Crippen molar-refractivity contribution in [3.63, 3.8) is 0 Å². The number of piperazine rings is 2. The lowest BCUT2D eigenvalue weighted by molar-refractivity contribution is -0.131. The number of benzene rings is 1. The lowest BCUT2D eigenvalue weighted by Crippen LogP contribution is -2.64. The molecule has 1 unspecified atom stereocenters. The van der Waals surface area contributed by atoms with Gasteiger partial charge >= 0.3 is 6.03 Å². The Morgan fingerprint density at radius 1 is 1.30 bits per heavy atom. The van der Waals surface area contributed by atoms with Crippen molar-refractivity contribution in [3.8, 4) is 0 Å². The summed E-state index contributed by atoms with van der Waals surface area (Å²) in [5, 5.41) is 10.7. The van der Waals surface area contributed by atoms with Crippen molar-refractivity contribution < 1.29 is 9.59 Å². The molecule has 2 N–H and O–H groups in total. The molecule has 2 saturated heterocycles. The maximum absolute atomic E-state index is 12.7. The van der Waals surface area contributed by atoms with E-state index in [2.05, 4.69) is 20.6 Å². The monoisotopic (exact) mass is 388 g/mol. The van der Waals surface area contributed by atoms with E-state index in [0.717, 1.165) is 12.1 Å². The highest BCUT2D eigenvalue weighted by Gasteiger charge is 2.36. The lowest BCUT2D eigenvalue weighted by Gasteiger charge is -2.42. The molecule has 1 aromatic heterocycles. The van der Waals surface area contributed by atoms with Crippen LogP contribution in [0, 0.1) is 0 Å². The molecule has 9 heteroatoms. The van der Waals surface area contributed by atoms with Gasteiger partial charge in [-0.05, 0) is 17.7 Å². The van der Waals surface area contributed by atoms with Gasteiger partial charge in [-0.15, -0.1) is 0 Å². The fourth-order valence-electron chi connectivity index (χ4n) is 3.52. The number of nitrogens with zero attached hydrogens (tertiary/aromatic N) is 4. The molecule has 0 saturated carbocycles. The normalized spacial score (nSPS) is 20.1. The number of aromatic nitrogens is 2. The molecular formula is C18H21ClN6O2. The van der Waals surface area contributed by atoms with E-state index in [1.807, 2.05) is 24.3 Å². The molecule has 2 fully saturated rings. The Kier molecular flexibility index (Phi) is 5.00. The molecule has 142 valence electrons. The van der Waals surface area contributed by atoms with Gasteiger partial charge in [0.2, 0.25) is 5.91 Å². The molecule has 2 aromatic rings. The average Bonchev–Trinajstić information content (AvgIpc) is 3.08. The van der Waals surface area contributed by atoms with Crippen LogP contribution in [0.1, 0.15) is 5.56 Å². The van der Waals surface area contributed by atoms with Crippen molar-refractivity contribution in [1.82, 2.24) is 24.9 Å². The number of anilines is 1. The summed E-state index contributed by atoms with van der Waals surface area (Å²) >= 11 is 6.04. The fourth-order valence-corrected chi connectivity index (χ4v) is 3.74. The SMILES string of the molecule is O=C1NCCN2CCN(C(=O)Nc3ccnn3Cc3cccc(Cl)c3)CC12. The van der Waals surface area contributed by atoms with Gasteiger partial charge in [-0.1, -0.05) is 23.7 Å². The maximum Gasteiger partial charge on any atom is 0.323 e. The van der Waals surface area contributed by atoms with Gasteiger partial charge in [0.15, 0.2) is 0 Å². The summed E-state index contributed by atoms with van der Waals surface area (Å²) in [6.07, 6.45) is 1.65. The van der Waals surface area contributed by atoms with Crippen LogP contribution in [0.15, 0.2) is 36.5 Å². The second-order valence-electron chi connectivity index (χ2n) is 6.72. The van der Waals surface area contributed by atoms with Gasteiger partial charge in [-0.25, -0.2) is 9.48 Å². The van der Waals surface area contributed by atoms with E-state index in [1.54, 1.807) is 21.8 Å². The number of carbonyl (C=O) groups excluding carboxylic acids is 2. The Morgan fingerprint density at radius 2 is 2.19 bits per heavy atom. The minimum Gasteiger partial charge on any atom is -0.353 e. The Morgan fingerprint density at radius 3 is 3.04 bits per heavy atom. The Hall–Kier alpha value is -2.58. The van der Waals surface area contributed by atoms with Crippen LogP contribution in [0.25, 0.3) is 0 Å². The van der Waals surface area contributed by atoms with Crippen LogP contribution in [-0.2, 0) is 11.3 Å². The number of nitrogens with one attached hydrogen (secondary N) is 2. The molecule has 0 radical (unpaired) electrons. The first-order valence-corrected chi connectivity index (χ1v) is 9.32. The molecule has 2 aliphatic heterocycles. The topological polar surface area (TPSA) is 82.5 Å². The minimum absolute atomic E-state index is 0.00949. The van der Waals surface area contributed by atoms with Crippen molar-refractivity contribution in [2.45, 2.75) is 12.6 Å². The standard InChI is InChI=1S/C18H21ClN6O2/c19-14-3-1-2-13(10-14)11-25-16(4-5-21-25)22-18(27)24-9-8-23-7-6-20-17(26)15(23)12-24/h1-5,10,15H,6-9,11-12H2,(H,20,26)(H,22,27). The molecule has 0 aliphatic carbocycles. The molecule has 3 heterocycles. The van der Waals surface area contributed by atoms with E-state index >= 15 is 0 Å². The zero-order chi connectivity index (χ0) is 18.8. The summed E-state index contributed by atoms with van der Waals surface area (Å²) in [6, 6.07) is 8.80. The third-order valence-corrected chi connectivity index (χ3v) is 5.19. The predicted octanol–water partition coefficient (Wildman–Crippen LogP) is 1.23. The van der Waals surface area contributed by atoms with E-state index < -0.39 is 0 Å². The number of fused-ring (bicyclic) bond motifs is 1. The van der Waals surface area contributed by atoms with Gasteiger partial charge in [0.1, 0.15) is 11.9 Å². The second-order valence-corrected chi connectivity index (χ2v) is 7.16. The second kappa shape index (κ2) is 7.58.